The highest BCUT2D eigenvalue weighted by molar-refractivity contribution is 5.78. The van der Waals surface area contributed by atoms with Gasteiger partial charge in [0.05, 0.1) is 12.1 Å². The molecule has 0 aliphatic heterocycles. The molecule has 0 saturated carbocycles. The van der Waals surface area contributed by atoms with Crippen molar-refractivity contribution in [2.24, 2.45) is 0 Å². The molecule has 4 aromatic rings. The number of benzene rings is 1. The van der Waals surface area contributed by atoms with E-state index in [1.807, 2.05) is 56.0 Å². The molecule has 1 radical (unpaired) electrons. The molecule has 5 heteroatoms. The van der Waals surface area contributed by atoms with E-state index in [9.17, 15) is 0 Å². The van der Waals surface area contributed by atoms with Gasteiger partial charge in [0, 0.05) is 42.2 Å². The van der Waals surface area contributed by atoms with Crippen LogP contribution in [-0.2, 0) is 12.8 Å². The summed E-state index contributed by atoms with van der Waals surface area (Å²) >= 11 is 0. The third kappa shape index (κ3) is 4.31. The second kappa shape index (κ2) is 8.57. The average Bonchev–Trinajstić information content (AvgIpc) is 2.75. The molecule has 0 spiro atoms. The van der Waals surface area contributed by atoms with E-state index < -0.39 is 0 Å². The predicted octanol–water partition coefficient (Wildman–Crippen LogP) is 4.23. The van der Waals surface area contributed by atoms with Crippen LogP contribution in [0.5, 0.6) is 5.88 Å². The van der Waals surface area contributed by atoms with Gasteiger partial charge in [-0.1, -0.05) is 24.3 Å². The summed E-state index contributed by atoms with van der Waals surface area (Å²) in [5.41, 5.74) is 4.33. The van der Waals surface area contributed by atoms with Crippen LogP contribution in [0.15, 0.2) is 73.6 Å². The molecule has 0 atom stereocenters. The molecule has 1 aromatic carbocycles. The van der Waals surface area contributed by atoms with Crippen molar-refractivity contribution < 1.29 is 4.74 Å². The zero-order valence-corrected chi connectivity index (χ0v) is 15.7. The second-order valence-corrected chi connectivity index (χ2v) is 6.56. The van der Waals surface area contributed by atoms with Gasteiger partial charge in [-0.25, -0.2) is 15.0 Å². The molecule has 0 saturated heterocycles. The number of ether oxygens (including phenoxy) is 1. The van der Waals surface area contributed by atoms with Crippen LogP contribution < -0.4 is 4.74 Å². The second-order valence-electron chi connectivity index (χ2n) is 6.56. The Balaban J connectivity index is 1.63. The van der Waals surface area contributed by atoms with Gasteiger partial charge in [-0.05, 0) is 48.6 Å². The van der Waals surface area contributed by atoms with Crippen LogP contribution in [0.2, 0.25) is 0 Å². The normalized spacial score (nSPS) is 11.1. The molecular formula is C23H21N4O. The Hall–Kier alpha value is -3.34. The summed E-state index contributed by atoms with van der Waals surface area (Å²) in [5.74, 6) is 1.88. The lowest BCUT2D eigenvalue weighted by molar-refractivity contribution is 0.326. The van der Waals surface area contributed by atoms with Gasteiger partial charge in [0.15, 0.2) is 0 Å². The minimum Gasteiger partial charge on any atom is -0.478 e. The first-order valence-electron chi connectivity index (χ1n) is 9.33. The molecule has 139 valence electrons. The predicted molar refractivity (Wildman–Crippen MR) is 109 cm³/mol. The van der Waals surface area contributed by atoms with Crippen molar-refractivity contribution in [1.82, 2.24) is 19.9 Å². The van der Waals surface area contributed by atoms with Gasteiger partial charge in [-0.2, -0.15) is 0 Å². The number of pyridine rings is 2. The first kappa shape index (κ1) is 18.0. The smallest absolute Gasteiger partial charge is 0.213 e. The van der Waals surface area contributed by atoms with Crippen LogP contribution in [0, 0.1) is 5.92 Å². The highest BCUT2D eigenvalue weighted by Crippen LogP contribution is 2.26. The molecule has 0 fully saturated rings. The largest absolute Gasteiger partial charge is 0.478 e. The van der Waals surface area contributed by atoms with E-state index >= 15 is 0 Å². The summed E-state index contributed by atoms with van der Waals surface area (Å²) in [6.07, 6.45) is 10.6. The van der Waals surface area contributed by atoms with Crippen LogP contribution in [0.4, 0.5) is 0 Å². The monoisotopic (exact) mass is 369 g/mol. The lowest BCUT2D eigenvalue weighted by atomic mass is 9.88. The molecule has 3 heterocycles. The molecule has 0 unspecified atom stereocenters. The Labute approximate surface area is 164 Å². The summed E-state index contributed by atoms with van der Waals surface area (Å²) in [6.45, 7) is 2.56. The summed E-state index contributed by atoms with van der Waals surface area (Å²) in [4.78, 5) is 17.3. The summed E-state index contributed by atoms with van der Waals surface area (Å²) < 4.78 is 5.47. The fourth-order valence-corrected chi connectivity index (χ4v) is 3.22. The maximum atomic E-state index is 5.47. The maximum absolute atomic E-state index is 5.47. The molecule has 5 nitrogen and oxygen atoms in total. The van der Waals surface area contributed by atoms with Crippen LogP contribution in [0.3, 0.4) is 0 Å². The number of aromatic nitrogens is 4. The van der Waals surface area contributed by atoms with Gasteiger partial charge < -0.3 is 4.74 Å². The molecule has 0 bridgehead atoms. The lowest BCUT2D eigenvalue weighted by Gasteiger charge is -2.17. The van der Waals surface area contributed by atoms with Crippen molar-refractivity contribution in [1.29, 1.82) is 0 Å². The van der Waals surface area contributed by atoms with E-state index in [1.54, 1.807) is 6.33 Å². The molecule has 0 N–H and O–H groups in total. The number of hydrogen-bond donors (Lipinski definition) is 0. The standard InChI is InChI=1S/C23H21N4O/c1-2-28-23-8-7-20(15-27-23)21(11-18-12-24-16-25-13-18)10-17-9-19-5-3-4-6-22(19)26-14-17/h3-9,12-16H,2,10-11H2,1H3. The van der Waals surface area contributed by atoms with Crippen LogP contribution in [0.1, 0.15) is 23.6 Å². The highest BCUT2D eigenvalue weighted by atomic mass is 16.5. The van der Waals surface area contributed by atoms with Gasteiger partial charge in [-0.15, -0.1) is 0 Å². The summed E-state index contributed by atoms with van der Waals surface area (Å²) in [6, 6.07) is 14.3. The van der Waals surface area contributed by atoms with Gasteiger partial charge in [0.1, 0.15) is 6.33 Å². The van der Waals surface area contributed by atoms with Crippen LogP contribution in [-0.4, -0.2) is 26.5 Å². The van der Waals surface area contributed by atoms with Crippen molar-refractivity contribution in [2.45, 2.75) is 19.8 Å². The van der Waals surface area contributed by atoms with E-state index in [2.05, 4.69) is 38.1 Å². The SMILES string of the molecule is CCOc1ccc([C](Cc2cncnc2)Cc2cnc3ccccc3c2)cn1. The van der Waals surface area contributed by atoms with Crippen LogP contribution >= 0.6 is 0 Å². The number of nitrogens with zero attached hydrogens (tertiary/aromatic N) is 4. The first-order valence-corrected chi connectivity index (χ1v) is 9.33. The number of rotatable bonds is 7. The molecule has 28 heavy (non-hydrogen) atoms. The molecular weight excluding hydrogens is 348 g/mol. The van der Waals surface area contributed by atoms with E-state index in [4.69, 9.17) is 4.74 Å². The maximum Gasteiger partial charge on any atom is 0.213 e. The third-order valence-corrected chi connectivity index (χ3v) is 4.53. The Morgan fingerprint density at radius 2 is 1.68 bits per heavy atom. The zero-order chi connectivity index (χ0) is 19.2. The summed E-state index contributed by atoms with van der Waals surface area (Å²) in [7, 11) is 0. The van der Waals surface area contributed by atoms with Crippen molar-refractivity contribution in [3.63, 3.8) is 0 Å². The molecule has 0 aliphatic carbocycles. The van der Waals surface area contributed by atoms with Gasteiger partial charge >= 0.3 is 0 Å². The molecule has 0 amide bonds. The Bertz CT molecular complexity index is 1040. The van der Waals surface area contributed by atoms with Crippen LogP contribution in [0.25, 0.3) is 10.9 Å². The van der Waals surface area contributed by atoms with Gasteiger partial charge in [0.2, 0.25) is 5.88 Å². The molecule has 4 rings (SSSR count). The number of hydrogen-bond acceptors (Lipinski definition) is 5. The van der Waals surface area contributed by atoms with E-state index in [0.29, 0.717) is 12.5 Å². The Kier molecular flexibility index (Phi) is 5.52. The van der Waals surface area contributed by atoms with Gasteiger partial charge in [-0.3, -0.25) is 4.98 Å². The molecule has 3 aromatic heterocycles. The Morgan fingerprint density at radius 1 is 0.857 bits per heavy atom. The highest BCUT2D eigenvalue weighted by Gasteiger charge is 2.16. The van der Waals surface area contributed by atoms with Crippen molar-refractivity contribution >= 4 is 10.9 Å². The topological polar surface area (TPSA) is 60.8 Å². The number of para-hydroxylation sites is 1. The summed E-state index contributed by atoms with van der Waals surface area (Å²) in [5, 5.41) is 1.15. The first-order chi connectivity index (χ1) is 13.8. The van der Waals surface area contributed by atoms with Crippen molar-refractivity contribution in [3.05, 3.63) is 96.2 Å². The third-order valence-electron chi connectivity index (χ3n) is 4.53. The van der Waals surface area contributed by atoms with E-state index in [1.165, 1.54) is 11.5 Å². The lowest BCUT2D eigenvalue weighted by Crippen LogP contribution is -2.09. The fourth-order valence-electron chi connectivity index (χ4n) is 3.22. The average molecular weight is 369 g/mol. The molecule has 0 aliphatic rings. The number of fused-ring (bicyclic) bond motifs is 1. The van der Waals surface area contributed by atoms with Gasteiger partial charge in [0.25, 0.3) is 0 Å². The Morgan fingerprint density at radius 3 is 2.46 bits per heavy atom. The quantitative estimate of drug-likeness (QED) is 0.488. The van der Waals surface area contributed by atoms with Crippen molar-refractivity contribution in [3.8, 4) is 5.88 Å². The zero-order valence-electron chi connectivity index (χ0n) is 15.7. The minimum absolute atomic E-state index is 0.604. The fraction of sp³-hybridized carbons (Fsp3) is 0.174. The van der Waals surface area contributed by atoms with E-state index in [-0.39, 0.29) is 0 Å². The van der Waals surface area contributed by atoms with Crippen molar-refractivity contribution in [2.75, 3.05) is 6.61 Å². The minimum atomic E-state index is 0.604. The van der Waals surface area contributed by atoms with E-state index in [0.717, 1.165) is 34.9 Å².